The number of esters is 2. The molecule has 0 atom stereocenters. The quantitative estimate of drug-likeness (QED) is 0.305. The van der Waals surface area contributed by atoms with E-state index in [2.05, 4.69) is 13.8 Å². The van der Waals surface area contributed by atoms with Crippen molar-refractivity contribution in [1.29, 1.82) is 0 Å². The summed E-state index contributed by atoms with van der Waals surface area (Å²) in [5.41, 5.74) is 0. The van der Waals surface area contributed by atoms with Gasteiger partial charge in [0.1, 0.15) is 5.03 Å². The minimum atomic E-state index is -0.670. The van der Waals surface area contributed by atoms with Gasteiger partial charge in [-0.1, -0.05) is 64.0 Å². The van der Waals surface area contributed by atoms with Crippen LogP contribution in [0.1, 0.15) is 65.2 Å². The molecular weight excluding hydrogens is 292 g/mol. The van der Waals surface area contributed by atoms with Gasteiger partial charge in [0, 0.05) is 6.08 Å². The van der Waals surface area contributed by atoms with Crippen molar-refractivity contribution in [3.63, 3.8) is 0 Å². The summed E-state index contributed by atoms with van der Waals surface area (Å²) in [4.78, 5) is 22.9. The summed E-state index contributed by atoms with van der Waals surface area (Å²) in [7, 11) is 0. The molecule has 0 aromatic carbocycles. The summed E-state index contributed by atoms with van der Waals surface area (Å²) in [6, 6.07) is 0. The molecule has 0 amide bonds. The van der Waals surface area contributed by atoms with Crippen molar-refractivity contribution in [2.75, 3.05) is 13.2 Å². The van der Waals surface area contributed by atoms with Crippen LogP contribution in [0.25, 0.3) is 0 Å². The standard InChI is InChI=1S/C16H27ClO4/c1-3-5-7-9-11-20-15(18)13-14(17)16(19)21-12-10-8-6-4-2/h13H,3-12H2,1-2H3/b14-13+. The number of carbonyl (C=O) groups excluding carboxylic acids is 2. The summed E-state index contributed by atoms with van der Waals surface area (Å²) in [5.74, 6) is -1.27. The fourth-order valence-corrected chi connectivity index (χ4v) is 1.81. The summed E-state index contributed by atoms with van der Waals surface area (Å²) < 4.78 is 9.92. The Kier molecular flexibility index (Phi) is 13.2. The fraction of sp³-hybridized carbons (Fsp3) is 0.750. The van der Waals surface area contributed by atoms with Gasteiger partial charge in [0.2, 0.25) is 0 Å². The molecule has 0 heterocycles. The Bertz CT molecular complexity index is 326. The molecule has 0 aliphatic heterocycles. The molecule has 0 bridgehead atoms. The van der Waals surface area contributed by atoms with Crippen molar-refractivity contribution < 1.29 is 19.1 Å². The molecule has 122 valence electrons. The topological polar surface area (TPSA) is 52.6 Å². The smallest absolute Gasteiger partial charge is 0.350 e. The van der Waals surface area contributed by atoms with Gasteiger partial charge < -0.3 is 9.47 Å². The Hall–Kier alpha value is -1.03. The molecule has 0 N–H and O–H groups in total. The summed E-state index contributed by atoms with van der Waals surface area (Å²) in [5, 5.41) is -0.232. The highest BCUT2D eigenvalue weighted by molar-refractivity contribution is 6.42. The first-order valence-corrected chi connectivity index (χ1v) is 8.20. The zero-order valence-electron chi connectivity index (χ0n) is 13.2. The van der Waals surface area contributed by atoms with Crippen LogP contribution < -0.4 is 0 Å². The molecule has 5 heteroatoms. The second kappa shape index (κ2) is 13.9. The van der Waals surface area contributed by atoms with E-state index in [1.54, 1.807) is 0 Å². The van der Waals surface area contributed by atoms with E-state index in [0.29, 0.717) is 13.2 Å². The predicted octanol–water partition coefficient (Wildman–Crippen LogP) is 4.36. The molecule has 0 rings (SSSR count). The van der Waals surface area contributed by atoms with Crippen molar-refractivity contribution in [1.82, 2.24) is 0 Å². The third-order valence-corrected chi connectivity index (χ3v) is 3.18. The van der Waals surface area contributed by atoms with Gasteiger partial charge in [-0.05, 0) is 12.8 Å². The number of hydrogen-bond donors (Lipinski definition) is 0. The second-order valence-electron chi connectivity index (χ2n) is 4.92. The summed E-state index contributed by atoms with van der Waals surface area (Å²) in [6.07, 6.45) is 9.16. The van der Waals surface area contributed by atoms with E-state index in [0.717, 1.165) is 57.4 Å². The highest BCUT2D eigenvalue weighted by Gasteiger charge is 2.11. The zero-order valence-corrected chi connectivity index (χ0v) is 13.9. The fourth-order valence-electron chi connectivity index (χ4n) is 1.67. The van der Waals surface area contributed by atoms with Crippen LogP contribution in [0, 0.1) is 0 Å². The normalized spacial score (nSPS) is 11.3. The Labute approximate surface area is 132 Å². The largest absolute Gasteiger partial charge is 0.462 e. The first kappa shape index (κ1) is 20.0. The number of halogens is 1. The highest BCUT2D eigenvalue weighted by Crippen LogP contribution is 2.07. The van der Waals surface area contributed by atoms with E-state index in [-0.39, 0.29) is 5.03 Å². The maximum Gasteiger partial charge on any atom is 0.350 e. The molecule has 0 aromatic heterocycles. The Balaban J connectivity index is 3.81. The zero-order chi connectivity index (χ0) is 15.9. The number of unbranched alkanes of at least 4 members (excludes halogenated alkanes) is 6. The van der Waals surface area contributed by atoms with Crippen molar-refractivity contribution >= 4 is 23.5 Å². The maximum atomic E-state index is 11.5. The molecule has 21 heavy (non-hydrogen) atoms. The number of ether oxygens (including phenoxy) is 2. The van der Waals surface area contributed by atoms with Crippen molar-refractivity contribution in [2.45, 2.75) is 65.2 Å². The lowest BCUT2D eigenvalue weighted by molar-refractivity contribution is -0.141. The van der Waals surface area contributed by atoms with E-state index in [1.807, 2.05) is 0 Å². The van der Waals surface area contributed by atoms with Gasteiger partial charge in [0.05, 0.1) is 13.2 Å². The van der Waals surface area contributed by atoms with E-state index in [4.69, 9.17) is 21.1 Å². The Morgan fingerprint density at radius 2 is 1.38 bits per heavy atom. The molecule has 0 aliphatic rings. The molecular formula is C16H27ClO4. The first-order chi connectivity index (χ1) is 10.1. The van der Waals surface area contributed by atoms with E-state index in [9.17, 15) is 9.59 Å². The molecule has 0 spiro atoms. The number of hydrogen-bond acceptors (Lipinski definition) is 4. The minimum Gasteiger partial charge on any atom is -0.462 e. The van der Waals surface area contributed by atoms with Crippen molar-refractivity contribution in [2.24, 2.45) is 0 Å². The summed E-state index contributed by atoms with van der Waals surface area (Å²) >= 11 is 5.71. The van der Waals surface area contributed by atoms with Crippen LogP contribution >= 0.6 is 11.6 Å². The van der Waals surface area contributed by atoms with Gasteiger partial charge in [-0.15, -0.1) is 0 Å². The van der Waals surface area contributed by atoms with Gasteiger partial charge in [-0.3, -0.25) is 0 Å². The van der Waals surface area contributed by atoms with Gasteiger partial charge >= 0.3 is 11.9 Å². The molecule has 0 fully saturated rings. The third-order valence-electron chi connectivity index (χ3n) is 2.91. The molecule has 0 saturated carbocycles. The molecule has 0 radical (unpaired) electrons. The highest BCUT2D eigenvalue weighted by atomic mass is 35.5. The van der Waals surface area contributed by atoms with E-state index >= 15 is 0 Å². The predicted molar refractivity (Wildman–Crippen MR) is 84.1 cm³/mol. The van der Waals surface area contributed by atoms with Crippen LogP contribution in [0.4, 0.5) is 0 Å². The lowest BCUT2D eigenvalue weighted by Crippen LogP contribution is -2.09. The van der Waals surface area contributed by atoms with Crippen LogP contribution in [-0.2, 0) is 19.1 Å². The average molecular weight is 319 g/mol. The van der Waals surface area contributed by atoms with Gasteiger partial charge in [0.25, 0.3) is 0 Å². The molecule has 0 aromatic rings. The van der Waals surface area contributed by atoms with Gasteiger partial charge in [0.15, 0.2) is 0 Å². The van der Waals surface area contributed by atoms with Crippen LogP contribution in [0.5, 0.6) is 0 Å². The SMILES string of the molecule is CCCCCCOC(=O)/C=C(/Cl)C(=O)OCCCCCC. The second-order valence-corrected chi connectivity index (χ2v) is 5.32. The van der Waals surface area contributed by atoms with Crippen molar-refractivity contribution in [3.05, 3.63) is 11.1 Å². The van der Waals surface area contributed by atoms with Crippen molar-refractivity contribution in [3.8, 4) is 0 Å². The third kappa shape index (κ3) is 12.4. The Morgan fingerprint density at radius 3 is 1.90 bits per heavy atom. The van der Waals surface area contributed by atoms with Crippen LogP contribution in [0.15, 0.2) is 11.1 Å². The van der Waals surface area contributed by atoms with Crippen LogP contribution in [-0.4, -0.2) is 25.2 Å². The summed E-state index contributed by atoms with van der Waals surface area (Å²) in [6.45, 7) is 4.91. The van der Waals surface area contributed by atoms with Crippen LogP contribution in [0.2, 0.25) is 0 Å². The minimum absolute atomic E-state index is 0.232. The Morgan fingerprint density at radius 1 is 0.857 bits per heavy atom. The lowest BCUT2D eigenvalue weighted by atomic mass is 10.2. The van der Waals surface area contributed by atoms with Gasteiger partial charge in [-0.2, -0.15) is 0 Å². The van der Waals surface area contributed by atoms with Crippen LogP contribution in [0.3, 0.4) is 0 Å². The van der Waals surface area contributed by atoms with E-state index in [1.165, 1.54) is 0 Å². The molecule has 0 saturated heterocycles. The first-order valence-electron chi connectivity index (χ1n) is 7.82. The number of carbonyl (C=O) groups is 2. The molecule has 0 aliphatic carbocycles. The van der Waals surface area contributed by atoms with E-state index < -0.39 is 11.9 Å². The maximum absolute atomic E-state index is 11.5. The number of rotatable bonds is 12. The molecule has 4 nitrogen and oxygen atoms in total. The average Bonchev–Trinajstić information content (AvgIpc) is 2.46. The lowest BCUT2D eigenvalue weighted by Gasteiger charge is -2.04. The monoisotopic (exact) mass is 318 g/mol. The van der Waals surface area contributed by atoms with Gasteiger partial charge in [-0.25, -0.2) is 9.59 Å². The molecule has 0 unspecified atom stereocenters.